The Morgan fingerprint density at radius 1 is 0.948 bits per heavy atom. The van der Waals surface area contributed by atoms with E-state index < -0.39 is 24.2 Å². The molecule has 2 saturated heterocycles. The van der Waals surface area contributed by atoms with Gasteiger partial charge in [0.2, 0.25) is 0 Å². The summed E-state index contributed by atoms with van der Waals surface area (Å²) in [5, 5.41) is 39.5. The first-order valence-electron chi connectivity index (χ1n) is 23.6. The van der Waals surface area contributed by atoms with Crippen LogP contribution in [-0.2, 0) is 14.3 Å². The van der Waals surface area contributed by atoms with Gasteiger partial charge in [0.1, 0.15) is 35.8 Å². The highest BCUT2D eigenvalue weighted by Gasteiger charge is 2.43. The molecule has 3 aliphatic heterocycles. The van der Waals surface area contributed by atoms with E-state index in [1.54, 1.807) is 7.11 Å². The van der Waals surface area contributed by atoms with Crippen molar-refractivity contribution in [2.24, 2.45) is 69.9 Å². The van der Waals surface area contributed by atoms with Crippen molar-refractivity contribution in [2.45, 2.75) is 172 Å². The van der Waals surface area contributed by atoms with Gasteiger partial charge in [-0.05, 0) is 100 Å². The van der Waals surface area contributed by atoms with Crippen LogP contribution in [0.4, 0.5) is 0 Å². The summed E-state index contributed by atoms with van der Waals surface area (Å²) in [5.41, 5.74) is 7.80. The van der Waals surface area contributed by atoms with Gasteiger partial charge in [-0.3, -0.25) is 15.3 Å². The van der Waals surface area contributed by atoms with Crippen molar-refractivity contribution in [3.63, 3.8) is 0 Å². The number of allylic oxidation sites excluding steroid dienone is 1. The standard InChI is InChI=1S/C48H77N4O6/c1-30(2)8-9-36(22-37-24-48(49)52-29-38(37)21-32-18-19-50-27-32)43(54)16-12-33-11-15-40(45(56)17-13-34-23-47(58-3)46(57)26-41(33)34)44(55)7-5-4-6-31-20-35-10-14-39(53)25-42(35)51-28-31/h18-19,27,30-31,33-38,40-44,46-48,51-52,54-55,57H,4-10,12-14,16-17,20-26,28-29,49H2,1-3H3/q+1/p+2/t31-,33-,34?,35+,36-,37?,38?,40-,41?,42-,43+,44-,46?,47?,48?/m1/s1. The number of ether oxygens (including phenoxy) is 1. The van der Waals surface area contributed by atoms with Crippen LogP contribution < -0.4 is 16.4 Å². The van der Waals surface area contributed by atoms with Gasteiger partial charge in [0.15, 0.2) is 6.21 Å². The van der Waals surface area contributed by atoms with Crippen LogP contribution in [0, 0.1) is 77.6 Å². The van der Waals surface area contributed by atoms with E-state index in [0.29, 0.717) is 86.4 Å². The number of methoxy groups -OCH3 is 1. The second-order valence-electron chi connectivity index (χ2n) is 20.1. The molecule has 10 nitrogen and oxygen atoms in total. The Morgan fingerprint density at radius 3 is 2.55 bits per heavy atom. The SMILES string of the molecule is COC1CC2CCC(=O)[C@@H]([C@H](O)CCCC[C@H]3C[NH2+][C@@H]4CC(=O)CC[C@H]4C3)C#C[C@H](CC[C@H](O)[C@H](CCC(C)C)CC3CC(N)[NH2+]CC3CC3=C[CH+]N=C3)C2CC1O. The largest absolute Gasteiger partial charge is 0.393 e. The maximum atomic E-state index is 13.8. The fourth-order valence-corrected chi connectivity index (χ4v) is 12.0. The van der Waals surface area contributed by atoms with Gasteiger partial charge in [-0.2, -0.15) is 0 Å². The molecule has 0 amide bonds. The van der Waals surface area contributed by atoms with E-state index in [0.717, 1.165) is 83.7 Å². The Labute approximate surface area is 349 Å². The van der Waals surface area contributed by atoms with Crippen LogP contribution in [0.5, 0.6) is 0 Å². The first kappa shape index (κ1) is 45.4. The summed E-state index contributed by atoms with van der Waals surface area (Å²) < 4.78 is 5.72. The van der Waals surface area contributed by atoms with Crippen LogP contribution in [0.2, 0.25) is 0 Å². The van der Waals surface area contributed by atoms with Gasteiger partial charge in [0.25, 0.3) is 0 Å². The lowest BCUT2D eigenvalue weighted by atomic mass is 9.67. The number of aliphatic imine (C=N–C) groups is 1. The first-order chi connectivity index (χ1) is 28.0. The lowest BCUT2D eigenvalue weighted by molar-refractivity contribution is -0.711. The molecule has 324 valence electrons. The number of carbonyl (C=O) groups excluding carboxylic acids is 2. The molecule has 6 rings (SSSR count). The molecule has 0 radical (unpaired) electrons. The highest BCUT2D eigenvalue weighted by atomic mass is 16.5. The number of quaternary nitrogens is 2. The van der Waals surface area contributed by atoms with Gasteiger partial charge in [-0.1, -0.05) is 45.0 Å². The molecular weight excluding hydrogens is 729 g/mol. The summed E-state index contributed by atoms with van der Waals surface area (Å²) in [5.74, 6) is 9.77. The Kier molecular flexibility index (Phi) is 17.3. The van der Waals surface area contributed by atoms with Crippen molar-refractivity contribution in [2.75, 3.05) is 20.2 Å². The van der Waals surface area contributed by atoms with Crippen molar-refractivity contribution < 1.29 is 40.3 Å². The number of piperidine rings is 2. The monoisotopic (exact) mass is 808 g/mol. The van der Waals surface area contributed by atoms with Gasteiger partial charge in [-0.15, -0.1) is 4.99 Å². The van der Waals surface area contributed by atoms with Crippen LogP contribution in [-0.4, -0.2) is 89.9 Å². The second kappa shape index (κ2) is 22.1. The molecule has 0 aromatic heterocycles. The molecule has 0 aromatic rings. The van der Waals surface area contributed by atoms with Crippen LogP contribution in [0.1, 0.15) is 136 Å². The number of nitrogens with zero attached hydrogens (tertiary/aromatic N) is 1. The van der Waals surface area contributed by atoms with Gasteiger partial charge < -0.3 is 30.7 Å². The normalized spacial score (nSPS) is 36.9. The minimum Gasteiger partial charge on any atom is -0.393 e. The van der Waals surface area contributed by atoms with Gasteiger partial charge in [0, 0.05) is 56.5 Å². The summed E-state index contributed by atoms with van der Waals surface area (Å²) in [6, 6.07) is 0.477. The third kappa shape index (κ3) is 12.7. The van der Waals surface area contributed by atoms with Crippen molar-refractivity contribution in [1.29, 1.82) is 0 Å². The molecule has 58 heavy (non-hydrogen) atoms. The average Bonchev–Trinajstić information content (AvgIpc) is 3.74. The smallest absolute Gasteiger partial charge is 0.176 e. The first-order valence-corrected chi connectivity index (χ1v) is 23.6. The maximum Gasteiger partial charge on any atom is 0.176 e. The Bertz CT molecular complexity index is 1460. The summed E-state index contributed by atoms with van der Waals surface area (Å²) >= 11 is 0. The molecule has 2 saturated carbocycles. The minimum absolute atomic E-state index is 0.0306. The van der Waals surface area contributed by atoms with E-state index in [4.69, 9.17) is 10.5 Å². The van der Waals surface area contributed by atoms with Crippen molar-refractivity contribution in [3.05, 3.63) is 18.2 Å². The highest BCUT2D eigenvalue weighted by molar-refractivity contribution is 5.84. The zero-order valence-corrected chi connectivity index (χ0v) is 36.1. The zero-order chi connectivity index (χ0) is 41.2. The predicted molar refractivity (Wildman–Crippen MR) is 227 cm³/mol. The average molecular weight is 808 g/mol. The number of rotatable bonds is 18. The minimum atomic E-state index is -0.799. The summed E-state index contributed by atoms with van der Waals surface area (Å²) in [6.07, 6.45) is 17.9. The summed E-state index contributed by atoms with van der Waals surface area (Å²) in [4.78, 5) is 30.0. The number of fused-ring (bicyclic) bond motifs is 2. The van der Waals surface area contributed by atoms with Gasteiger partial charge >= 0.3 is 0 Å². The number of ketones is 2. The number of unbranched alkanes of at least 4 members (excludes halogenated alkanes) is 1. The maximum absolute atomic E-state index is 13.8. The van der Waals surface area contributed by atoms with Crippen molar-refractivity contribution >= 4 is 17.8 Å². The van der Waals surface area contributed by atoms with Crippen molar-refractivity contribution in [1.82, 2.24) is 0 Å². The summed E-state index contributed by atoms with van der Waals surface area (Å²) in [7, 11) is 1.66. The number of aliphatic hydroxyl groups is 3. The molecule has 3 heterocycles. The van der Waals surface area contributed by atoms with E-state index in [1.807, 2.05) is 12.8 Å². The molecule has 4 fully saturated rings. The van der Waals surface area contributed by atoms with Gasteiger partial charge in [-0.25, -0.2) is 0 Å². The van der Waals surface area contributed by atoms with Crippen molar-refractivity contribution in [3.8, 4) is 11.8 Å². The van der Waals surface area contributed by atoms with E-state index >= 15 is 0 Å². The van der Waals surface area contributed by atoms with E-state index in [2.05, 4.69) is 47.4 Å². The van der Waals surface area contributed by atoms with Crippen LogP contribution >= 0.6 is 0 Å². The number of aliphatic hydroxyl groups excluding tert-OH is 3. The van der Waals surface area contributed by atoms with Crippen LogP contribution in [0.15, 0.2) is 16.6 Å². The van der Waals surface area contributed by atoms with Crippen LogP contribution in [0.3, 0.4) is 0 Å². The number of carbonyl (C=O) groups is 2. The molecular formula is C48H79N4O6+3. The Balaban J connectivity index is 1.10. The second-order valence-corrected chi connectivity index (χ2v) is 20.1. The lowest BCUT2D eigenvalue weighted by Gasteiger charge is -2.41. The fourth-order valence-electron chi connectivity index (χ4n) is 12.0. The molecule has 7 unspecified atom stereocenters. The van der Waals surface area contributed by atoms with E-state index in [-0.39, 0.29) is 41.7 Å². The fraction of sp³-hybridized carbons (Fsp3) is 0.833. The van der Waals surface area contributed by atoms with Gasteiger partial charge in [0.05, 0.1) is 56.0 Å². The van der Waals surface area contributed by atoms with E-state index in [1.165, 1.54) is 12.0 Å². The molecule has 0 bridgehead atoms. The summed E-state index contributed by atoms with van der Waals surface area (Å²) in [6.45, 7) is 8.46. The molecule has 10 heteroatoms. The number of hydrogen-bond acceptors (Lipinski definition) is 8. The zero-order valence-electron chi connectivity index (χ0n) is 36.1. The predicted octanol–water partition coefficient (Wildman–Crippen LogP) is 3.86. The lowest BCUT2D eigenvalue weighted by Crippen LogP contribution is -2.96. The topological polar surface area (TPSA) is 176 Å². The molecule has 15 atom stereocenters. The van der Waals surface area contributed by atoms with E-state index in [9.17, 15) is 24.9 Å². The quantitative estimate of drug-likeness (QED) is 0.0693. The number of hydrogen-bond donors (Lipinski definition) is 6. The third-order valence-corrected chi connectivity index (χ3v) is 15.6. The molecule has 3 aliphatic carbocycles. The Hall–Kier alpha value is -2.10. The molecule has 6 aliphatic rings. The number of nitrogens with two attached hydrogens (primary N) is 3. The third-order valence-electron chi connectivity index (χ3n) is 15.6. The highest BCUT2D eigenvalue weighted by Crippen LogP contribution is 2.43. The Morgan fingerprint density at radius 2 is 1.78 bits per heavy atom. The van der Waals surface area contributed by atoms with Crippen LogP contribution in [0.25, 0.3) is 0 Å². The number of Topliss-reactive ketones (excluding diaryl/α,β-unsaturated/α-hetero) is 2. The molecule has 0 aromatic carbocycles. The molecule has 0 spiro atoms. The molecule has 9 N–H and O–H groups in total.